The van der Waals surface area contributed by atoms with Crippen LogP contribution in [0, 0.1) is 5.92 Å². The lowest BCUT2D eigenvalue weighted by atomic mass is 9.90. The number of para-hydroxylation sites is 1. The first kappa shape index (κ1) is 22.9. The van der Waals surface area contributed by atoms with Crippen LogP contribution in [-0.4, -0.2) is 56.0 Å². The fraction of sp³-hybridized carbons (Fsp3) is 0.619. The predicted octanol–water partition coefficient (Wildman–Crippen LogP) is 3.02. The maximum absolute atomic E-state index is 12.0. The second-order valence-corrected chi connectivity index (χ2v) is 7.59. The Hall–Kier alpha value is -1.35. The standard InChI is InChI=1S/C21H33N5O.HI/c1-3-10-26-11-9-16(15-26)13-23-21(22-4-2)24-14-17-12-20(27)25-19-8-6-5-7-18(17)19;/h5-8,16-17H,3-4,9-15H2,1-2H3,(H,25,27)(H2,22,23,24);1H. The molecule has 28 heavy (non-hydrogen) atoms. The molecule has 156 valence electrons. The molecule has 2 unspecified atom stereocenters. The molecule has 3 rings (SSSR count). The van der Waals surface area contributed by atoms with Crippen LogP contribution in [-0.2, 0) is 4.79 Å². The van der Waals surface area contributed by atoms with Gasteiger partial charge in [-0.05, 0) is 50.4 Å². The van der Waals surface area contributed by atoms with Crippen LogP contribution >= 0.6 is 24.0 Å². The summed E-state index contributed by atoms with van der Waals surface area (Å²) >= 11 is 0. The van der Waals surface area contributed by atoms with Crippen molar-refractivity contribution in [2.75, 3.05) is 44.6 Å². The number of nitrogens with one attached hydrogen (secondary N) is 3. The van der Waals surface area contributed by atoms with Crippen molar-refractivity contribution in [2.24, 2.45) is 10.9 Å². The maximum atomic E-state index is 12.0. The first-order valence-corrected chi connectivity index (χ1v) is 10.3. The van der Waals surface area contributed by atoms with Crippen molar-refractivity contribution in [3.05, 3.63) is 29.8 Å². The minimum Gasteiger partial charge on any atom is -0.357 e. The molecular weight excluding hydrogens is 465 g/mol. The number of hydrogen-bond donors (Lipinski definition) is 3. The highest BCUT2D eigenvalue weighted by Crippen LogP contribution is 2.31. The van der Waals surface area contributed by atoms with Gasteiger partial charge in [0.2, 0.25) is 5.91 Å². The Balaban J connectivity index is 0.00000280. The third-order valence-electron chi connectivity index (χ3n) is 5.38. The van der Waals surface area contributed by atoms with Crippen LogP contribution in [0.5, 0.6) is 0 Å². The zero-order chi connectivity index (χ0) is 19.1. The Morgan fingerprint density at radius 3 is 2.89 bits per heavy atom. The summed E-state index contributed by atoms with van der Waals surface area (Å²) in [6.45, 7) is 10.3. The lowest BCUT2D eigenvalue weighted by molar-refractivity contribution is -0.116. The van der Waals surface area contributed by atoms with Crippen molar-refractivity contribution in [2.45, 2.75) is 39.0 Å². The lowest BCUT2D eigenvalue weighted by Gasteiger charge is -2.26. The largest absolute Gasteiger partial charge is 0.357 e. The van der Waals surface area contributed by atoms with Crippen molar-refractivity contribution < 1.29 is 4.79 Å². The van der Waals surface area contributed by atoms with Crippen LogP contribution in [0.2, 0.25) is 0 Å². The number of nitrogens with zero attached hydrogens (tertiary/aromatic N) is 2. The molecule has 2 aliphatic heterocycles. The van der Waals surface area contributed by atoms with Gasteiger partial charge < -0.3 is 20.9 Å². The molecule has 1 fully saturated rings. The van der Waals surface area contributed by atoms with Gasteiger partial charge in [0.05, 0.1) is 0 Å². The van der Waals surface area contributed by atoms with E-state index in [1.165, 1.54) is 31.5 Å². The smallest absolute Gasteiger partial charge is 0.225 e. The van der Waals surface area contributed by atoms with Crippen molar-refractivity contribution in [3.8, 4) is 0 Å². The van der Waals surface area contributed by atoms with Crippen LogP contribution in [0.4, 0.5) is 5.69 Å². The van der Waals surface area contributed by atoms with E-state index in [1.807, 2.05) is 18.2 Å². The van der Waals surface area contributed by atoms with Crippen LogP contribution in [0.15, 0.2) is 29.3 Å². The second kappa shape index (κ2) is 11.6. The molecule has 0 aliphatic carbocycles. The molecule has 7 heteroatoms. The van der Waals surface area contributed by atoms with Gasteiger partial charge in [-0.15, -0.1) is 24.0 Å². The minimum absolute atomic E-state index is 0. The van der Waals surface area contributed by atoms with Crippen LogP contribution < -0.4 is 16.0 Å². The summed E-state index contributed by atoms with van der Waals surface area (Å²) in [6.07, 6.45) is 2.97. The van der Waals surface area contributed by atoms with Crippen molar-refractivity contribution in [1.29, 1.82) is 0 Å². The number of carbonyl (C=O) groups excluding carboxylic acids is 1. The minimum atomic E-state index is 0. The summed E-state index contributed by atoms with van der Waals surface area (Å²) in [5, 5.41) is 9.76. The van der Waals surface area contributed by atoms with E-state index >= 15 is 0 Å². The molecule has 2 heterocycles. The first-order valence-electron chi connectivity index (χ1n) is 10.3. The Morgan fingerprint density at radius 2 is 2.11 bits per heavy atom. The molecule has 1 amide bonds. The van der Waals surface area contributed by atoms with Crippen molar-refractivity contribution in [1.82, 2.24) is 15.5 Å². The van der Waals surface area contributed by atoms with Crippen molar-refractivity contribution >= 4 is 41.5 Å². The molecule has 3 N–H and O–H groups in total. The number of fused-ring (bicyclic) bond motifs is 1. The number of rotatable bonds is 7. The normalized spacial score (nSPS) is 22.2. The number of likely N-dealkylation sites (tertiary alicyclic amines) is 1. The Labute approximate surface area is 186 Å². The zero-order valence-electron chi connectivity index (χ0n) is 17.0. The van der Waals surface area contributed by atoms with E-state index < -0.39 is 0 Å². The number of carbonyl (C=O) groups is 1. The van der Waals surface area contributed by atoms with E-state index in [9.17, 15) is 4.79 Å². The summed E-state index contributed by atoms with van der Waals surface area (Å²) in [5.41, 5.74) is 2.14. The number of guanidine groups is 1. The molecule has 2 aliphatic rings. The second-order valence-electron chi connectivity index (χ2n) is 7.59. The van der Waals surface area contributed by atoms with Crippen molar-refractivity contribution in [3.63, 3.8) is 0 Å². The van der Waals surface area contributed by atoms with Gasteiger partial charge in [0.25, 0.3) is 0 Å². The van der Waals surface area contributed by atoms with Gasteiger partial charge in [-0.25, -0.2) is 0 Å². The van der Waals surface area contributed by atoms with Gasteiger partial charge in [0.15, 0.2) is 5.96 Å². The van der Waals surface area contributed by atoms with Crippen LogP contribution in [0.1, 0.15) is 44.6 Å². The number of amides is 1. The number of halogens is 1. The number of anilines is 1. The van der Waals surface area contributed by atoms with Gasteiger partial charge in [0, 0.05) is 44.2 Å². The average molecular weight is 499 g/mol. The first-order chi connectivity index (χ1) is 13.2. The lowest BCUT2D eigenvalue weighted by Crippen LogP contribution is -2.41. The Kier molecular flexibility index (Phi) is 9.50. The van der Waals surface area contributed by atoms with E-state index in [0.29, 0.717) is 18.9 Å². The van der Waals surface area contributed by atoms with Gasteiger partial charge in [-0.1, -0.05) is 25.1 Å². The SMILES string of the molecule is CCCN1CCC(CN=C(NCC)NCC2CC(=O)Nc3ccccc32)C1.I. The number of benzene rings is 1. The average Bonchev–Trinajstić information content (AvgIpc) is 3.11. The molecule has 0 saturated carbocycles. The van der Waals surface area contributed by atoms with Crippen LogP contribution in [0.25, 0.3) is 0 Å². The van der Waals surface area contributed by atoms with E-state index in [0.717, 1.165) is 31.3 Å². The molecule has 1 saturated heterocycles. The molecule has 0 aromatic heterocycles. The molecular formula is C21H34IN5O. The summed E-state index contributed by atoms with van der Waals surface area (Å²) in [4.78, 5) is 19.4. The summed E-state index contributed by atoms with van der Waals surface area (Å²) in [7, 11) is 0. The molecule has 0 spiro atoms. The van der Waals surface area contributed by atoms with E-state index in [4.69, 9.17) is 4.99 Å². The van der Waals surface area contributed by atoms with Gasteiger partial charge >= 0.3 is 0 Å². The van der Waals surface area contributed by atoms with Gasteiger partial charge in [-0.3, -0.25) is 9.79 Å². The highest BCUT2D eigenvalue weighted by molar-refractivity contribution is 14.0. The quantitative estimate of drug-likeness (QED) is 0.307. The van der Waals surface area contributed by atoms with Gasteiger partial charge in [0.1, 0.15) is 0 Å². The monoisotopic (exact) mass is 499 g/mol. The highest BCUT2D eigenvalue weighted by Gasteiger charge is 2.25. The summed E-state index contributed by atoms with van der Waals surface area (Å²) in [6, 6.07) is 8.07. The van der Waals surface area contributed by atoms with E-state index in [1.54, 1.807) is 0 Å². The molecule has 1 aromatic rings. The molecule has 0 bridgehead atoms. The molecule has 1 aromatic carbocycles. The predicted molar refractivity (Wildman–Crippen MR) is 127 cm³/mol. The molecule has 0 radical (unpaired) electrons. The number of aliphatic imine (C=N–C) groups is 1. The third-order valence-corrected chi connectivity index (χ3v) is 5.38. The molecule has 2 atom stereocenters. The highest BCUT2D eigenvalue weighted by atomic mass is 127. The van der Waals surface area contributed by atoms with E-state index in [-0.39, 0.29) is 35.8 Å². The third kappa shape index (κ3) is 6.34. The summed E-state index contributed by atoms with van der Waals surface area (Å²) < 4.78 is 0. The summed E-state index contributed by atoms with van der Waals surface area (Å²) in [5.74, 6) is 1.76. The van der Waals surface area contributed by atoms with Crippen LogP contribution in [0.3, 0.4) is 0 Å². The Morgan fingerprint density at radius 1 is 1.29 bits per heavy atom. The maximum Gasteiger partial charge on any atom is 0.225 e. The Bertz CT molecular complexity index is 666. The zero-order valence-corrected chi connectivity index (χ0v) is 19.4. The van der Waals surface area contributed by atoms with E-state index in [2.05, 4.69) is 40.8 Å². The fourth-order valence-corrected chi connectivity index (χ4v) is 4.05. The van der Waals surface area contributed by atoms with Gasteiger partial charge in [-0.2, -0.15) is 0 Å². The topological polar surface area (TPSA) is 68.8 Å². The number of hydrogen-bond acceptors (Lipinski definition) is 3. The fourth-order valence-electron chi connectivity index (χ4n) is 4.05. The molecule has 6 nitrogen and oxygen atoms in total.